The molecule has 1 saturated heterocycles. The van der Waals surface area contributed by atoms with Gasteiger partial charge >= 0.3 is 0 Å². The van der Waals surface area contributed by atoms with Gasteiger partial charge in [-0.2, -0.15) is 0 Å². The van der Waals surface area contributed by atoms with Crippen molar-refractivity contribution < 1.29 is 9.59 Å². The molecule has 0 bridgehead atoms. The average Bonchev–Trinajstić information content (AvgIpc) is 2.17. The van der Waals surface area contributed by atoms with Crippen molar-refractivity contribution in [3.8, 4) is 0 Å². The number of carbonyl (C=O) groups is 2. The first-order valence-electron chi connectivity index (χ1n) is 4.28. The molecule has 0 radical (unpaired) electrons. The van der Waals surface area contributed by atoms with E-state index < -0.39 is 0 Å². The molecule has 0 unspecified atom stereocenters. The standard InChI is InChI=1S/C6H11NO.C2H6.CH2O/c1-7-4-2-6(8)3-5-7;2*1-2/h2-5H2,1H3;1-2H3;1H2. The van der Waals surface area contributed by atoms with Gasteiger partial charge in [0.15, 0.2) is 0 Å². The van der Waals surface area contributed by atoms with Crippen LogP contribution in [0.1, 0.15) is 26.7 Å². The van der Waals surface area contributed by atoms with E-state index in [-0.39, 0.29) is 0 Å². The number of ketones is 1. The molecule has 3 nitrogen and oxygen atoms in total. The van der Waals surface area contributed by atoms with Crippen LogP contribution in [0.2, 0.25) is 0 Å². The monoisotopic (exact) mass is 173 g/mol. The molecule has 0 aliphatic carbocycles. The van der Waals surface area contributed by atoms with Crippen molar-refractivity contribution in [2.75, 3.05) is 20.1 Å². The smallest absolute Gasteiger partial charge is 0.135 e. The minimum atomic E-state index is 0.420. The molecule has 12 heavy (non-hydrogen) atoms. The third-order valence-corrected chi connectivity index (χ3v) is 1.54. The third kappa shape index (κ3) is 7.41. The highest BCUT2D eigenvalue weighted by atomic mass is 16.1. The molecule has 1 fully saturated rings. The van der Waals surface area contributed by atoms with E-state index in [0.29, 0.717) is 5.78 Å². The summed E-state index contributed by atoms with van der Waals surface area (Å²) < 4.78 is 0. The number of Topliss-reactive ketones (excluding diaryl/α,β-unsaturated/α-hetero) is 1. The minimum absolute atomic E-state index is 0.420. The molecule has 0 amide bonds. The van der Waals surface area contributed by atoms with Gasteiger partial charge in [0.2, 0.25) is 0 Å². The number of hydrogen-bond donors (Lipinski definition) is 0. The zero-order valence-corrected chi connectivity index (χ0v) is 8.30. The summed E-state index contributed by atoms with van der Waals surface area (Å²) in [5, 5.41) is 0. The molecule has 72 valence electrons. The highest BCUT2D eigenvalue weighted by Crippen LogP contribution is 2.01. The maximum atomic E-state index is 10.6. The van der Waals surface area contributed by atoms with Crippen molar-refractivity contribution in [2.45, 2.75) is 26.7 Å². The summed E-state index contributed by atoms with van der Waals surface area (Å²) in [5.41, 5.74) is 0. The zero-order valence-electron chi connectivity index (χ0n) is 8.30. The van der Waals surface area contributed by atoms with E-state index in [1.807, 2.05) is 27.7 Å². The lowest BCUT2D eigenvalue weighted by Crippen LogP contribution is -2.29. The number of carbonyl (C=O) groups excluding carboxylic acids is 2. The normalized spacial score (nSPS) is 16.8. The number of hydrogen-bond acceptors (Lipinski definition) is 3. The van der Waals surface area contributed by atoms with Crippen molar-refractivity contribution in [2.24, 2.45) is 0 Å². The molecular weight excluding hydrogens is 154 g/mol. The highest BCUT2D eigenvalue weighted by molar-refractivity contribution is 5.79. The molecule has 0 atom stereocenters. The lowest BCUT2D eigenvalue weighted by Gasteiger charge is -2.19. The first-order valence-corrected chi connectivity index (χ1v) is 4.28. The van der Waals surface area contributed by atoms with Crippen LogP contribution in [-0.2, 0) is 9.59 Å². The van der Waals surface area contributed by atoms with E-state index in [2.05, 4.69) is 4.90 Å². The van der Waals surface area contributed by atoms with Crippen LogP contribution in [0.5, 0.6) is 0 Å². The Morgan fingerprint density at radius 2 is 1.50 bits per heavy atom. The number of nitrogens with zero attached hydrogens (tertiary/aromatic N) is 1. The van der Waals surface area contributed by atoms with Crippen LogP contribution in [0, 0.1) is 0 Å². The van der Waals surface area contributed by atoms with Crippen molar-refractivity contribution in [3.63, 3.8) is 0 Å². The topological polar surface area (TPSA) is 37.4 Å². The van der Waals surface area contributed by atoms with E-state index >= 15 is 0 Å². The Labute approximate surface area is 74.7 Å². The molecule has 1 heterocycles. The Hall–Kier alpha value is -0.700. The fourth-order valence-corrected chi connectivity index (χ4v) is 0.868. The molecule has 1 aliphatic rings. The molecule has 0 aromatic carbocycles. The van der Waals surface area contributed by atoms with Crippen molar-refractivity contribution in [3.05, 3.63) is 0 Å². The molecule has 0 aromatic heterocycles. The lowest BCUT2D eigenvalue weighted by atomic mass is 10.1. The summed E-state index contributed by atoms with van der Waals surface area (Å²) in [6, 6.07) is 0. The molecule has 0 spiro atoms. The summed E-state index contributed by atoms with van der Waals surface area (Å²) in [5.74, 6) is 0.420. The van der Waals surface area contributed by atoms with Gasteiger partial charge in [-0.15, -0.1) is 0 Å². The van der Waals surface area contributed by atoms with Gasteiger partial charge in [0.05, 0.1) is 0 Å². The maximum absolute atomic E-state index is 10.6. The first kappa shape index (κ1) is 13.9. The second-order valence-corrected chi connectivity index (χ2v) is 2.34. The van der Waals surface area contributed by atoms with Gasteiger partial charge in [-0.25, -0.2) is 0 Å². The molecule has 0 N–H and O–H groups in total. The third-order valence-electron chi connectivity index (χ3n) is 1.54. The van der Waals surface area contributed by atoms with E-state index in [4.69, 9.17) is 4.79 Å². The quantitative estimate of drug-likeness (QED) is 0.551. The minimum Gasteiger partial charge on any atom is -0.307 e. The lowest BCUT2D eigenvalue weighted by molar-refractivity contribution is -0.121. The van der Waals surface area contributed by atoms with Gasteiger partial charge in [-0.1, -0.05) is 13.8 Å². The van der Waals surface area contributed by atoms with Crippen LogP contribution < -0.4 is 0 Å². The summed E-state index contributed by atoms with van der Waals surface area (Å²) in [6.07, 6.45) is 1.52. The van der Waals surface area contributed by atoms with Gasteiger partial charge in [0, 0.05) is 25.9 Å². The van der Waals surface area contributed by atoms with Gasteiger partial charge in [-0.05, 0) is 7.05 Å². The largest absolute Gasteiger partial charge is 0.307 e. The van der Waals surface area contributed by atoms with Crippen LogP contribution in [0.25, 0.3) is 0 Å². The van der Waals surface area contributed by atoms with Crippen LogP contribution >= 0.6 is 0 Å². The Morgan fingerprint density at radius 1 is 1.17 bits per heavy atom. The predicted octanol–water partition coefficient (Wildman–Crippen LogP) is 1.12. The Morgan fingerprint density at radius 3 is 1.75 bits per heavy atom. The molecule has 1 rings (SSSR count). The van der Waals surface area contributed by atoms with Gasteiger partial charge < -0.3 is 9.69 Å². The zero-order chi connectivity index (χ0) is 9.98. The Kier molecular flexibility index (Phi) is 11.9. The van der Waals surface area contributed by atoms with Crippen LogP contribution in [0.15, 0.2) is 0 Å². The SMILES string of the molecule is C=O.CC.CN1CCC(=O)CC1. The maximum Gasteiger partial charge on any atom is 0.135 e. The average molecular weight is 173 g/mol. The molecule has 0 aromatic rings. The van der Waals surface area contributed by atoms with Crippen molar-refractivity contribution in [1.82, 2.24) is 4.90 Å². The first-order chi connectivity index (χ1) is 5.79. The van der Waals surface area contributed by atoms with Crippen molar-refractivity contribution in [1.29, 1.82) is 0 Å². The fraction of sp³-hybridized carbons (Fsp3) is 0.778. The van der Waals surface area contributed by atoms with E-state index in [1.54, 1.807) is 0 Å². The van der Waals surface area contributed by atoms with Crippen molar-refractivity contribution >= 4 is 12.6 Å². The van der Waals surface area contributed by atoms with Crippen LogP contribution in [0.3, 0.4) is 0 Å². The molecule has 3 heteroatoms. The second kappa shape index (κ2) is 10.3. The predicted molar refractivity (Wildman–Crippen MR) is 50.2 cm³/mol. The van der Waals surface area contributed by atoms with E-state index in [9.17, 15) is 4.79 Å². The fourth-order valence-electron chi connectivity index (χ4n) is 0.868. The number of rotatable bonds is 0. The number of piperidine rings is 1. The Bertz CT molecular complexity index is 105. The van der Waals surface area contributed by atoms with Crippen LogP contribution in [-0.4, -0.2) is 37.6 Å². The van der Waals surface area contributed by atoms with Gasteiger partial charge in [0.25, 0.3) is 0 Å². The van der Waals surface area contributed by atoms with E-state index in [0.717, 1.165) is 25.9 Å². The summed E-state index contributed by atoms with van der Waals surface area (Å²) in [7, 11) is 2.05. The highest BCUT2D eigenvalue weighted by Gasteiger charge is 2.10. The molecule has 1 aliphatic heterocycles. The van der Waals surface area contributed by atoms with E-state index in [1.165, 1.54) is 0 Å². The van der Waals surface area contributed by atoms with Gasteiger partial charge in [0.1, 0.15) is 12.6 Å². The summed E-state index contributed by atoms with van der Waals surface area (Å²) in [6.45, 7) is 7.91. The number of likely N-dealkylation sites (tertiary alicyclic amines) is 1. The molecule has 0 saturated carbocycles. The van der Waals surface area contributed by atoms with Crippen LogP contribution in [0.4, 0.5) is 0 Å². The molecular formula is C9H19NO2. The summed E-state index contributed by atoms with van der Waals surface area (Å²) in [4.78, 5) is 20.8. The van der Waals surface area contributed by atoms with Gasteiger partial charge in [-0.3, -0.25) is 4.79 Å². The second-order valence-electron chi connectivity index (χ2n) is 2.34. The summed E-state index contributed by atoms with van der Waals surface area (Å²) >= 11 is 0. The Balaban J connectivity index is 0.